The Labute approximate surface area is 197 Å². The molecule has 0 unspecified atom stereocenters. The van der Waals surface area contributed by atoms with Crippen LogP contribution in [0.5, 0.6) is 11.5 Å². The molecule has 0 bridgehead atoms. The zero-order valence-electron chi connectivity index (χ0n) is 17.9. The van der Waals surface area contributed by atoms with Crippen molar-refractivity contribution >= 4 is 11.8 Å². The molecule has 3 heterocycles. The fourth-order valence-corrected chi connectivity index (χ4v) is 3.93. The van der Waals surface area contributed by atoms with Gasteiger partial charge in [-0.3, -0.25) is 4.57 Å². The van der Waals surface area contributed by atoms with Crippen molar-refractivity contribution in [3.8, 4) is 28.8 Å². The number of aromatic nitrogens is 5. The van der Waals surface area contributed by atoms with Crippen LogP contribution in [0.2, 0.25) is 0 Å². The van der Waals surface area contributed by atoms with Crippen LogP contribution in [-0.2, 0) is 12.4 Å². The molecule has 0 saturated heterocycles. The van der Waals surface area contributed by atoms with Gasteiger partial charge in [0.25, 0.3) is 0 Å². The predicted octanol–water partition coefficient (Wildman–Crippen LogP) is 4.93. The molecule has 5 rings (SSSR count). The summed E-state index contributed by atoms with van der Waals surface area (Å²) in [5.74, 6) is 2.90. The SMILES string of the molecule is COc1ccc(OCc2nnc(SCc3nc(-c4ccco4)no3)n2-c2ccccc2F)cc1. The molecule has 0 aliphatic carbocycles. The van der Waals surface area contributed by atoms with Gasteiger partial charge < -0.3 is 18.4 Å². The molecule has 0 N–H and O–H groups in total. The molecule has 172 valence electrons. The average molecular weight is 479 g/mol. The third-order valence-electron chi connectivity index (χ3n) is 4.76. The van der Waals surface area contributed by atoms with Crippen molar-refractivity contribution in [2.24, 2.45) is 0 Å². The summed E-state index contributed by atoms with van der Waals surface area (Å²) in [5, 5.41) is 12.9. The van der Waals surface area contributed by atoms with Gasteiger partial charge >= 0.3 is 0 Å². The monoisotopic (exact) mass is 479 g/mol. The van der Waals surface area contributed by atoms with E-state index in [1.54, 1.807) is 66.3 Å². The lowest BCUT2D eigenvalue weighted by molar-refractivity contribution is 0.292. The van der Waals surface area contributed by atoms with Gasteiger partial charge in [-0.15, -0.1) is 10.2 Å². The summed E-state index contributed by atoms with van der Waals surface area (Å²) in [6.45, 7) is 0.0808. The number of thioether (sulfide) groups is 1. The summed E-state index contributed by atoms with van der Waals surface area (Å²) in [4.78, 5) is 4.33. The maximum absolute atomic E-state index is 14.7. The number of furan rings is 1. The zero-order valence-corrected chi connectivity index (χ0v) is 18.7. The average Bonchev–Trinajstić information content (AvgIpc) is 3.63. The van der Waals surface area contributed by atoms with Gasteiger partial charge in [-0.2, -0.15) is 4.98 Å². The van der Waals surface area contributed by atoms with Gasteiger partial charge in [0.1, 0.15) is 23.9 Å². The second kappa shape index (κ2) is 9.79. The van der Waals surface area contributed by atoms with Crippen LogP contribution < -0.4 is 9.47 Å². The van der Waals surface area contributed by atoms with Crippen molar-refractivity contribution in [1.82, 2.24) is 24.9 Å². The first-order valence-electron chi connectivity index (χ1n) is 10.2. The number of halogens is 1. The molecular formula is C23H18FN5O4S. The normalized spacial score (nSPS) is 11.0. The molecule has 2 aromatic carbocycles. The minimum absolute atomic E-state index is 0.0808. The molecular weight excluding hydrogens is 461 g/mol. The van der Waals surface area contributed by atoms with E-state index < -0.39 is 5.82 Å². The van der Waals surface area contributed by atoms with Crippen molar-refractivity contribution in [1.29, 1.82) is 0 Å². The molecule has 5 aromatic rings. The van der Waals surface area contributed by atoms with Crippen LogP contribution in [0.4, 0.5) is 4.39 Å². The van der Waals surface area contributed by atoms with Crippen LogP contribution in [0.1, 0.15) is 11.7 Å². The molecule has 0 saturated carbocycles. The van der Waals surface area contributed by atoms with Gasteiger partial charge in [0.05, 0.1) is 24.8 Å². The van der Waals surface area contributed by atoms with Crippen molar-refractivity contribution in [3.63, 3.8) is 0 Å². The Kier molecular flexibility index (Phi) is 6.25. The highest BCUT2D eigenvalue weighted by Gasteiger charge is 2.19. The maximum Gasteiger partial charge on any atom is 0.238 e. The number of benzene rings is 2. The van der Waals surface area contributed by atoms with Crippen LogP contribution in [0.15, 0.2) is 81.0 Å². The smallest absolute Gasteiger partial charge is 0.238 e. The highest BCUT2D eigenvalue weighted by atomic mass is 32.2. The Bertz CT molecular complexity index is 1370. The molecule has 3 aromatic heterocycles. The molecule has 0 fully saturated rings. The van der Waals surface area contributed by atoms with Crippen LogP contribution in [0.25, 0.3) is 17.3 Å². The van der Waals surface area contributed by atoms with E-state index >= 15 is 0 Å². The van der Waals surface area contributed by atoms with E-state index in [-0.39, 0.29) is 6.61 Å². The van der Waals surface area contributed by atoms with E-state index in [1.165, 1.54) is 24.1 Å². The lowest BCUT2D eigenvalue weighted by Gasteiger charge is -2.12. The Morgan fingerprint density at radius 3 is 2.59 bits per heavy atom. The first-order chi connectivity index (χ1) is 16.7. The van der Waals surface area contributed by atoms with Gasteiger partial charge in [-0.25, -0.2) is 4.39 Å². The Morgan fingerprint density at radius 2 is 1.82 bits per heavy atom. The second-order valence-electron chi connectivity index (χ2n) is 6.93. The number of ether oxygens (including phenoxy) is 2. The summed E-state index contributed by atoms with van der Waals surface area (Å²) in [6.07, 6.45) is 1.53. The zero-order chi connectivity index (χ0) is 23.3. The number of hydrogen-bond acceptors (Lipinski definition) is 9. The van der Waals surface area contributed by atoms with E-state index in [1.807, 2.05) is 0 Å². The fourth-order valence-electron chi connectivity index (χ4n) is 3.13. The topological polar surface area (TPSA) is 101 Å². The molecule has 9 nitrogen and oxygen atoms in total. The van der Waals surface area contributed by atoms with Crippen molar-refractivity contribution in [2.45, 2.75) is 17.5 Å². The minimum Gasteiger partial charge on any atom is -0.497 e. The molecule has 0 aliphatic heterocycles. The molecule has 11 heteroatoms. The van der Waals surface area contributed by atoms with Crippen LogP contribution >= 0.6 is 11.8 Å². The number of methoxy groups -OCH3 is 1. The van der Waals surface area contributed by atoms with E-state index in [0.717, 1.165) is 5.75 Å². The predicted molar refractivity (Wildman–Crippen MR) is 120 cm³/mol. The first-order valence-corrected chi connectivity index (χ1v) is 11.1. The Hall–Kier alpha value is -4.12. The lowest BCUT2D eigenvalue weighted by atomic mass is 10.3. The molecule has 34 heavy (non-hydrogen) atoms. The summed E-state index contributed by atoms with van der Waals surface area (Å²) in [5.41, 5.74) is 0.310. The summed E-state index contributed by atoms with van der Waals surface area (Å²) >= 11 is 1.29. The van der Waals surface area contributed by atoms with Gasteiger partial charge in [-0.1, -0.05) is 29.1 Å². The molecule has 0 aliphatic rings. The fraction of sp³-hybridized carbons (Fsp3) is 0.130. The van der Waals surface area contributed by atoms with Crippen LogP contribution in [-0.4, -0.2) is 32.0 Å². The largest absolute Gasteiger partial charge is 0.497 e. The van der Waals surface area contributed by atoms with Crippen LogP contribution in [0, 0.1) is 5.82 Å². The standard InChI is InChI=1S/C23H18FN5O4S/c1-30-15-8-10-16(11-9-15)32-13-20-26-27-23(29(20)18-6-3-2-5-17(18)24)34-14-21-25-22(28-33-21)19-7-4-12-31-19/h2-12H,13-14H2,1H3. The quantitative estimate of drug-likeness (QED) is 0.272. The first kappa shape index (κ1) is 21.7. The Morgan fingerprint density at radius 1 is 1.00 bits per heavy atom. The number of rotatable bonds is 9. The highest BCUT2D eigenvalue weighted by Crippen LogP contribution is 2.28. The van der Waals surface area contributed by atoms with E-state index in [0.29, 0.717) is 45.6 Å². The highest BCUT2D eigenvalue weighted by molar-refractivity contribution is 7.98. The van der Waals surface area contributed by atoms with E-state index in [2.05, 4.69) is 20.3 Å². The third kappa shape index (κ3) is 4.64. The number of nitrogens with zero attached hydrogens (tertiary/aromatic N) is 5. The molecule has 0 spiro atoms. The summed E-state index contributed by atoms with van der Waals surface area (Å²) in [6, 6.07) is 17.0. The summed E-state index contributed by atoms with van der Waals surface area (Å²) < 4.78 is 37.9. The van der Waals surface area contributed by atoms with Crippen LogP contribution in [0.3, 0.4) is 0 Å². The van der Waals surface area contributed by atoms with Gasteiger partial charge in [0, 0.05) is 0 Å². The maximum atomic E-state index is 14.7. The van der Waals surface area contributed by atoms with Gasteiger partial charge in [0.15, 0.2) is 16.7 Å². The molecule has 0 radical (unpaired) electrons. The van der Waals surface area contributed by atoms with Crippen molar-refractivity contribution < 1.29 is 22.8 Å². The third-order valence-corrected chi connectivity index (χ3v) is 5.67. The number of hydrogen-bond donors (Lipinski definition) is 0. The molecule has 0 amide bonds. The van der Waals surface area contributed by atoms with Gasteiger partial charge in [-0.05, 0) is 48.5 Å². The van der Waals surface area contributed by atoms with Crippen molar-refractivity contribution in [3.05, 3.63) is 84.5 Å². The minimum atomic E-state index is -0.409. The summed E-state index contributed by atoms with van der Waals surface area (Å²) in [7, 11) is 1.60. The van der Waals surface area contributed by atoms with Crippen molar-refractivity contribution in [2.75, 3.05) is 7.11 Å². The van der Waals surface area contributed by atoms with E-state index in [4.69, 9.17) is 18.4 Å². The lowest BCUT2D eigenvalue weighted by Crippen LogP contribution is -2.08. The van der Waals surface area contributed by atoms with Gasteiger partial charge in [0.2, 0.25) is 11.7 Å². The Balaban J connectivity index is 1.37. The second-order valence-corrected chi connectivity index (χ2v) is 7.87. The molecule has 0 atom stereocenters. The number of para-hydroxylation sites is 1. The van der Waals surface area contributed by atoms with E-state index in [9.17, 15) is 4.39 Å².